The van der Waals surface area contributed by atoms with E-state index in [4.69, 9.17) is 4.74 Å². The summed E-state index contributed by atoms with van der Waals surface area (Å²) in [7, 11) is 0. The SMILES string of the molecule is CCC(C)(C)c1cc(CC(=O)OCCCC(C)C)ccc1O. The molecule has 0 aliphatic carbocycles. The number of carbonyl (C=O) groups is 1. The van der Waals surface area contributed by atoms with Crippen LogP contribution in [0.15, 0.2) is 18.2 Å². The minimum Gasteiger partial charge on any atom is -0.508 e. The highest BCUT2D eigenvalue weighted by Gasteiger charge is 2.22. The van der Waals surface area contributed by atoms with E-state index in [9.17, 15) is 9.90 Å². The van der Waals surface area contributed by atoms with Crippen LogP contribution in [-0.2, 0) is 21.4 Å². The number of carbonyl (C=O) groups excluding carboxylic acids is 1. The smallest absolute Gasteiger partial charge is 0.310 e. The molecule has 0 aromatic heterocycles. The Bertz CT molecular complexity index is 489. The molecule has 0 saturated heterocycles. The molecule has 0 spiro atoms. The number of phenolic OH excluding ortho intramolecular Hbond substituents is 1. The molecule has 1 rings (SSSR count). The number of aromatic hydroxyl groups is 1. The van der Waals surface area contributed by atoms with E-state index >= 15 is 0 Å². The molecule has 0 saturated carbocycles. The first-order valence-corrected chi connectivity index (χ1v) is 8.24. The van der Waals surface area contributed by atoms with Crippen molar-refractivity contribution < 1.29 is 14.6 Å². The lowest BCUT2D eigenvalue weighted by Crippen LogP contribution is -2.16. The maximum atomic E-state index is 11.9. The highest BCUT2D eigenvalue weighted by molar-refractivity contribution is 5.72. The molecule has 3 nitrogen and oxygen atoms in total. The monoisotopic (exact) mass is 306 g/mol. The predicted octanol–water partition coefficient (Wildman–Crippen LogP) is 4.60. The maximum absolute atomic E-state index is 11.9. The van der Waals surface area contributed by atoms with E-state index in [2.05, 4.69) is 34.6 Å². The second kappa shape index (κ2) is 8.21. The van der Waals surface area contributed by atoms with E-state index < -0.39 is 0 Å². The minimum absolute atomic E-state index is 0.110. The van der Waals surface area contributed by atoms with Gasteiger partial charge in [-0.2, -0.15) is 0 Å². The van der Waals surface area contributed by atoms with Crippen molar-refractivity contribution in [2.24, 2.45) is 5.92 Å². The fourth-order valence-corrected chi connectivity index (χ4v) is 2.32. The number of ether oxygens (including phenoxy) is 1. The average Bonchev–Trinajstić information content (AvgIpc) is 2.45. The zero-order valence-electron chi connectivity index (χ0n) is 14.6. The fraction of sp³-hybridized carbons (Fsp3) is 0.632. The van der Waals surface area contributed by atoms with E-state index in [1.165, 1.54) is 0 Å². The van der Waals surface area contributed by atoms with Crippen LogP contribution >= 0.6 is 0 Å². The van der Waals surface area contributed by atoms with Crippen molar-refractivity contribution >= 4 is 5.97 Å². The van der Waals surface area contributed by atoms with Crippen molar-refractivity contribution in [3.8, 4) is 5.75 Å². The molecule has 0 amide bonds. The standard InChI is InChI=1S/C19H30O3/c1-6-19(4,5)16-12-15(9-10-17(16)20)13-18(21)22-11-7-8-14(2)3/h9-10,12,14,20H,6-8,11,13H2,1-5H3. The lowest BCUT2D eigenvalue weighted by Gasteiger charge is -2.25. The van der Waals surface area contributed by atoms with Gasteiger partial charge in [0.1, 0.15) is 5.75 Å². The van der Waals surface area contributed by atoms with Crippen molar-refractivity contribution in [1.29, 1.82) is 0 Å². The van der Waals surface area contributed by atoms with Gasteiger partial charge in [-0.05, 0) is 47.8 Å². The molecule has 0 atom stereocenters. The van der Waals surface area contributed by atoms with Gasteiger partial charge in [0.2, 0.25) is 0 Å². The topological polar surface area (TPSA) is 46.5 Å². The third-order valence-electron chi connectivity index (χ3n) is 4.21. The van der Waals surface area contributed by atoms with Gasteiger partial charge in [0.15, 0.2) is 0 Å². The molecule has 3 heteroatoms. The Morgan fingerprint density at radius 3 is 2.59 bits per heavy atom. The Kier molecular flexibility index (Phi) is 6.92. The molecule has 0 bridgehead atoms. The Morgan fingerprint density at radius 2 is 2.00 bits per heavy atom. The Hall–Kier alpha value is -1.51. The molecule has 1 aromatic carbocycles. The van der Waals surface area contributed by atoms with Gasteiger partial charge in [-0.15, -0.1) is 0 Å². The van der Waals surface area contributed by atoms with Crippen molar-refractivity contribution in [2.75, 3.05) is 6.61 Å². The number of phenols is 1. The number of esters is 1. The summed E-state index contributed by atoms with van der Waals surface area (Å²) in [5.74, 6) is 0.727. The lowest BCUT2D eigenvalue weighted by atomic mass is 9.81. The summed E-state index contributed by atoms with van der Waals surface area (Å²) >= 11 is 0. The van der Waals surface area contributed by atoms with Crippen LogP contribution in [0.5, 0.6) is 5.75 Å². The van der Waals surface area contributed by atoms with Crippen LogP contribution in [0.2, 0.25) is 0 Å². The van der Waals surface area contributed by atoms with Gasteiger partial charge in [0, 0.05) is 0 Å². The second-order valence-electron chi connectivity index (χ2n) is 7.02. The van der Waals surface area contributed by atoms with Gasteiger partial charge in [-0.1, -0.05) is 46.8 Å². The summed E-state index contributed by atoms with van der Waals surface area (Å²) in [5, 5.41) is 10.0. The summed E-state index contributed by atoms with van der Waals surface area (Å²) in [6.07, 6.45) is 3.16. The highest BCUT2D eigenvalue weighted by Crippen LogP contribution is 2.34. The molecule has 1 aromatic rings. The van der Waals surface area contributed by atoms with E-state index in [0.717, 1.165) is 30.4 Å². The predicted molar refractivity (Wildman–Crippen MR) is 90.2 cm³/mol. The van der Waals surface area contributed by atoms with Gasteiger partial charge < -0.3 is 9.84 Å². The Balaban J connectivity index is 2.63. The van der Waals surface area contributed by atoms with E-state index in [1.807, 2.05) is 6.07 Å². The quantitative estimate of drug-likeness (QED) is 0.564. The first-order chi connectivity index (χ1) is 10.3. The van der Waals surface area contributed by atoms with E-state index in [1.54, 1.807) is 12.1 Å². The summed E-state index contributed by atoms with van der Waals surface area (Å²) < 4.78 is 5.28. The van der Waals surface area contributed by atoms with E-state index in [0.29, 0.717) is 18.3 Å². The first-order valence-electron chi connectivity index (χ1n) is 8.24. The zero-order chi connectivity index (χ0) is 16.8. The number of hydrogen-bond donors (Lipinski definition) is 1. The van der Waals surface area contributed by atoms with Crippen LogP contribution in [0, 0.1) is 5.92 Å². The molecule has 0 aliphatic rings. The van der Waals surface area contributed by atoms with Crippen LogP contribution in [0.3, 0.4) is 0 Å². The molecule has 1 N–H and O–H groups in total. The normalized spacial score (nSPS) is 11.7. The zero-order valence-corrected chi connectivity index (χ0v) is 14.6. The Morgan fingerprint density at radius 1 is 1.32 bits per heavy atom. The molecule has 124 valence electrons. The van der Waals surface area contributed by atoms with Crippen LogP contribution in [0.25, 0.3) is 0 Å². The third-order valence-corrected chi connectivity index (χ3v) is 4.21. The van der Waals surface area contributed by atoms with Crippen LogP contribution in [0.1, 0.15) is 65.0 Å². The van der Waals surface area contributed by atoms with Crippen molar-refractivity contribution in [3.05, 3.63) is 29.3 Å². The van der Waals surface area contributed by atoms with Crippen molar-refractivity contribution in [1.82, 2.24) is 0 Å². The lowest BCUT2D eigenvalue weighted by molar-refractivity contribution is -0.143. The minimum atomic E-state index is -0.199. The molecule has 0 heterocycles. The van der Waals surface area contributed by atoms with Gasteiger partial charge in [0.05, 0.1) is 13.0 Å². The number of benzene rings is 1. The summed E-state index contributed by atoms with van der Waals surface area (Å²) in [6, 6.07) is 5.39. The second-order valence-corrected chi connectivity index (χ2v) is 7.02. The fourth-order valence-electron chi connectivity index (χ4n) is 2.32. The van der Waals surface area contributed by atoms with E-state index in [-0.39, 0.29) is 17.8 Å². The summed E-state index contributed by atoms with van der Waals surface area (Å²) in [5.41, 5.74) is 1.67. The summed E-state index contributed by atoms with van der Waals surface area (Å²) in [6.45, 7) is 11.1. The Labute approximate surface area is 134 Å². The molecule has 0 fully saturated rings. The highest BCUT2D eigenvalue weighted by atomic mass is 16.5. The van der Waals surface area contributed by atoms with Crippen molar-refractivity contribution in [2.45, 2.75) is 65.7 Å². The van der Waals surface area contributed by atoms with Crippen LogP contribution in [0.4, 0.5) is 0 Å². The van der Waals surface area contributed by atoms with Gasteiger partial charge >= 0.3 is 5.97 Å². The number of rotatable bonds is 8. The molecular formula is C19H30O3. The van der Waals surface area contributed by atoms with Crippen LogP contribution in [-0.4, -0.2) is 17.7 Å². The average molecular weight is 306 g/mol. The third kappa shape index (κ3) is 5.70. The molecule has 0 unspecified atom stereocenters. The molecule has 0 aliphatic heterocycles. The number of hydrogen-bond acceptors (Lipinski definition) is 3. The maximum Gasteiger partial charge on any atom is 0.310 e. The summed E-state index contributed by atoms with van der Waals surface area (Å²) in [4.78, 5) is 11.9. The van der Waals surface area contributed by atoms with Crippen molar-refractivity contribution in [3.63, 3.8) is 0 Å². The molecule has 0 radical (unpaired) electrons. The van der Waals surface area contributed by atoms with Gasteiger partial charge in [-0.3, -0.25) is 4.79 Å². The van der Waals surface area contributed by atoms with Gasteiger partial charge in [0.25, 0.3) is 0 Å². The van der Waals surface area contributed by atoms with Gasteiger partial charge in [-0.25, -0.2) is 0 Å². The largest absolute Gasteiger partial charge is 0.508 e. The van der Waals surface area contributed by atoms with Crippen LogP contribution < -0.4 is 0 Å². The first kappa shape index (κ1) is 18.5. The molecule has 22 heavy (non-hydrogen) atoms. The molecular weight excluding hydrogens is 276 g/mol.